The molecule has 37 heavy (non-hydrogen) atoms. The molecular formula is C29H27Cl2N3O3. The van der Waals surface area contributed by atoms with Gasteiger partial charge in [-0.05, 0) is 59.9 Å². The Hall–Kier alpha value is -3.48. The summed E-state index contributed by atoms with van der Waals surface area (Å²) in [5, 5.41) is 7.18. The molecule has 0 radical (unpaired) electrons. The van der Waals surface area contributed by atoms with Crippen LogP contribution in [0.15, 0.2) is 78.0 Å². The van der Waals surface area contributed by atoms with E-state index in [1.54, 1.807) is 30.2 Å². The van der Waals surface area contributed by atoms with E-state index >= 15 is 0 Å². The summed E-state index contributed by atoms with van der Waals surface area (Å²) in [6.45, 7) is 4.17. The summed E-state index contributed by atoms with van der Waals surface area (Å²) in [5.74, 6) is 0.644. The summed E-state index contributed by atoms with van der Waals surface area (Å²) in [6, 6.07) is 18.9. The van der Waals surface area contributed by atoms with Gasteiger partial charge in [0.15, 0.2) is 5.78 Å². The molecule has 0 saturated heterocycles. The number of anilines is 3. The molecule has 2 amide bonds. The number of carbonyl (C=O) groups excluding carboxylic acids is 2. The van der Waals surface area contributed by atoms with Crippen LogP contribution >= 0.6 is 23.2 Å². The van der Waals surface area contributed by atoms with E-state index in [4.69, 9.17) is 27.9 Å². The molecule has 1 heterocycles. The van der Waals surface area contributed by atoms with Gasteiger partial charge >= 0.3 is 6.03 Å². The zero-order valence-electron chi connectivity index (χ0n) is 20.8. The van der Waals surface area contributed by atoms with Crippen LogP contribution in [0.5, 0.6) is 5.75 Å². The zero-order chi connectivity index (χ0) is 26.3. The van der Waals surface area contributed by atoms with Gasteiger partial charge in [0.25, 0.3) is 0 Å². The molecule has 2 N–H and O–H groups in total. The Morgan fingerprint density at radius 3 is 2.57 bits per heavy atom. The number of methoxy groups -OCH3 is 1. The van der Waals surface area contributed by atoms with Crippen LogP contribution in [0.4, 0.5) is 21.9 Å². The summed E-state index contributed by atoms with van der Waals surface area (Å²) in [4.78, 5) is 29.5. The summed E-state index contributed by atoms with van der Waals surface area (Å²) >= 11 is 12.3. The molecule has 0 spiro atoms. The highest BCUT2D eigenvalue weighted by Crippen LogP contribution is 2.48. The van der Waals surface area contributed by atoms with Gasteiger partial charge in [-0.3, -0.25) is 9.69 Å². The molecule has 1 aliphatic heterocycles. The lowest BCUT2D eigenvalue weighted by molar-refractivity contribution is -0.118. The molecule has 0 bridgehead atoms. The lowest BCUT2D eigenvalue weighted by Crippen LogP contribution is -2.41. The van der Waals surface area contributed by atoms with Crippen molar-refractivity contribution in [1.29, 1.82) is 0 Å². The van der Waals surface area contributed by atoms with E-state index in [0.29, 0.717) is 45.6 Å². The average molecular weight is 536 g/mol. The van der Waals surface area contributed by atoms with E-state index in [-0.39, 0.29) is 11.2 Å². The quantitative estimate of drug-likeness (QED) is 0.358. The second-order valence-corrected chi connectivity index (χ2v) is 10.9. The van der Waals surface area contributed by atoms with Gasteiger partial charge in [-0.1, -0.05) is 61.3 Å². The van der Waals surface area contributed by atoms with Gasteiger partial charge in [0.1, 0.15) is 5.75 Å². The minimum atomic E-state index is -0.687. The number of halogens is 2. The van der Waals surface area contributed by atoms with E-state index in [0.717, 1.165) is 16.9 Å². The van der Waals surface area contributed by atoms with Gasteiger partial charge < -0.3 is 15.4 Å². The van der Waals surface area contributed by atoms with Crippen LogP contribution in [0, 0.1) is 5.41 Å². The maximum atomic E-state index is 14.1. The number of hydrogen-bond donors (Lipinski definition) is 2. The molecule has 190 valence electrons. The summed E-state index contributed by atoms with van der Waals surface area (Å²) in [5.41, 5.74) is 3.84. The second kappa shape index (κ2) is 9.77. The highest BCUT2D eigenvalue weighted by molar-refractivity contribution is 6.42. The number of nitrogens with zero attached hydrogens (tertiary/aromatic N) is 1. The average Bonchev–Trinajstić information content (AvgIpc) is 3.00. The molecule has 1 aliphatic carbocycles. The number of amides is 2. The van der Waals surface area contributed by atoms with Gasteiger partial charge in [-0.15, -0.1) is 0 Å². The largest absolute Gasteiger partial charge is 0.497 e. The predicted octanol–water partition coefficient (Wildman–Crippen LogP) is 7.85. The van der Waals surface area contributed by atoms with Crippen molar-refractivity contribution in [2.75, 3.05) is 22.6 Å². The number of para-hydroxylation sites is 2. The van der Waals surface area contributed by atoms with Crippen LogP contribution in [0.25, 0.3) is 0 Å². The van der Waals surface area contributed by atoms with Gasteiger partial charge in [0, 0.05) is 23.4 Å². The third-order valence-corrected chi connectivity index (χ3v) is 7.44. The van der Waals surface area contributed by atoms with Crippen molar-refractivity contribution in [2.24, 2.45) is 5.41 Å². The first-order valence-electron chi connectivity index (χ1n) is 12.0. The van der Waals surface area contributed by atoms with Gasteiger partial charge in [0.05, 0.1) is 34.6 Å². The number of ketones is 1. The SMILES string of the molecule is COc1cccc(C2C3=C(CC(C)(C)CC3=O)Nc3ccccc3N2C(=O)Nc2ccc(Cl)c(Cl)c2)c1. The van der Waals surface area contributed by atoms with E-state index in [9.17, 15) is 9.59 Å². The van der Waals surface area contributed by atoms with E-state index in [2.05, 4.69) is 24.5 Å². The fraction of sp³-hybridized carbons (Fsp3) is 0.241. The fourth-order valence-corrected chi connectivity index (χ4v) is 5.39. The molecule has 3 aromatic carbocycles. The second-order valence-electron chi connectivity index (χ2n) is 10.1. The van der Waals surface area contributed by atoms with E-state index in [1.165, 1.54) is 0 Å². The van der Waals surface area contributed by atoms with E-state index in [1.807, 2.05) is 48.5 Å². The summed E-state index contributed by atoms with van der Waals surface area (Å²) in [6.07, 6.45) is 1.05. The zero-order valence-corrected chi connectivity index (χ0v) is 22.3. The van der Waals surface area contributed by atoms with Crippen LogP contribution in [0.3, 0.4) is 0 Å². The number of nitrogens with one attached hydrogen (secondary N) is 2. The van der Waals surface area contributed by atoms with Gasteiger partial charge in [-0.25, -0.2) is 4.79 Å². The molecule has 0 aromatic heterocycles. The molecule has 1 atom stereocenters. The number of ether oxygens (including phenoxy) is 1. The van der Waals surface area contributed by atoms with Crippen molar-refractivity contribution in [2.45, 2.75) is 32.7 Å². The lowest BCUT2D eigenvalue weighted by Gasteiger charge is -2.37. The first-order chi connectivity index (χ1) is 17.7. The van der Waals surface area contributed by atoms with Crippen molar-refractivity contribution < 1.29 is 14.3 Å². The smallest absolute Gasteiger partial charge is 0.327 e. The fourth-order valence-electron chi connectivity index (χ4n) is 5.10. The molecule has 5 rings (SSSR count). The number of fused-ring (bicyclic) bond motifs is 1. The topological polar surface area (TPSA) is 70.7 Å². The molecule has 6 nitrogen and oxygen atoms in total. The molecular weight excluding hydrogens is 509 g/mol. The van der Waals surface area contributed by atoms with Crippen molar-refractivity contribution in [3.8, 4) is 5.75 Å². The molecule has 0 saturated carbocycles. The Balaban J connectivity index is 1.71. The molecule has 8 heteroatoms. The highest BCUT2D eigenvalue weighted by Gasteiger charge is 2.43. The maximum absolute atomic E-state index is 14.1. The normalized spacial score (nSPS) is 18.4. The van der Waals surface area contributed by atoms with Crippen LogP contribution in [-0.2, 0) is 4.79 Å². The highest BCUT2D eigenvalue weighted by atomic mass is 35.5. The lowest BCUT2D eigenvalue weighted by atomic mass is 9.73. The van der Waals surface area contributed by atoms with Crippen molar-refractivity contribution in [3.63, 3.8) is 0 Å². The Labute approximate surface area is 226 Å². The van der Waals surface area contributed by atoms with Crippen LogP contribution in [0.2, 0.25) is 10.0 Å². The number of allylic oxidation sites excluding steroid dienone is 1. The predicted molar refractivity (Wildman–Crippen MR) is 149 cm³/mol. The molecule has 0 fully saturated rings. The van der Waals surface area contributed by atoms with Gasteiger partial charge in [-0.2, -0.15) is 0 Å². The van der Waals surface area contributed by atoms with Crippen molar-refractivity contribution in [3.05, 3.63) is 93.6 Å². The van der Waals surface area contributed by atoms with Crippen LogP contribution in [-0.4, -0.2) is 18.9 Å². The van der Waals surface area contributed by atoms with Crippen LogP contribution < -0.4 is 20.3 Å². The molecule has 2 aliphatic rings. The number of benzene rings is 3. The van der Waals surface area contributed by atoms with Crippen molar-refractivity contribution >= 4 is 52.1 Å². The summed E-state index contributed by atoms with van der Waals surface area (Å²) in [7, 11) is 1.59. The number of hydrogen-bond acceptors (Lipinski definition) is 4. The monoisotopic (exact) mass is 535 g/mol. The maximum Gasteiger partial charge on any atom is 0.327 e. The molecule has 1 unspecified atom stereocenters. The Kier molecular flexibility index (Phi) is 6.65. The number of rotatable bonds is 3. The number of Topliss-reactive ketones (excluding diaryl/α,β-unsaturated/α-hetero) is 1. The standard InChI is InChI=1S/C29H27Cl2N3O3/c1-29(2)15-23-26(25(35)16-29)27(17-7-6-8-19(13-17)37-3)34(24-10-5-4-9-22(24)33-23)28(36)32-18-11-12-20(30)21(31)14-18/h4-14,27,33H,15-16H2,1-3H3,(H,32,36). The first-order valence-corrected chi connectivity index (χ1v) is 12.7. The Bertz CT molecular complexity index is 1430. The minimum Gasteiger partial charge on any atom is -0.497 e. The number of carbonyl (C=O) groups is 2. The van der Waals surface area contributed by atoms with E-state index < -0.39 is 12.1 Å². The third-order valence-electron chi connectivity index (χ3n) is 6.70. The Morgan fingerprint density at radius 1 is 1.03 bits per heavy atom. The Morgan fingerprint density at radius 2 is 1.81 bits per heavy atom. The van der Waals surface area contributed by atoms with Gasteiger partial charge in [0.2, 0.25) is 0 Å². The third kappa shape index (κ3) is 4.91. The summed E-state index contributed by atoms with van der Waals surface area (Å²) < 4.78 is 5.50. The van der Waals surface area contributed by atoms with Crippen LogP contribution in [0.1, 0.15) is 38.3 Å². The minimum absolute atomic E-state index is 0.00622. The number of urea groups is 1. The van der Waals surface area contributed by atoms with Crippen molar-refractivity contribution in [1.82, 2.24) is 0 Å². The molecule has 3 aromatic rings. The first kappa shape index (κ1) is 25.2.